The second kappa shape index (κ2) is 6.05. The molecule has 1 aromatic rings. The highest BCUT2D eigenvalue weighted by molar-refractivity contribution is 5.97. The number of rotatable bonds is 4. The highest BCUT2D eigenvalue weighted by atomic mass is 16.5. The van der Waals surface area contributed by atoms with Crippen LogP contribution in [0.15, 0.2) is 18.2 Å². The van der Waals surface area contributed by atoms with Gasteiger partial charge in [0, 0.05) is 5.56 Å². The number of hydrogen-bond donors (Lipinski definition) is 1. The van der Waals surface area contributed by atoms with E-state index >= 15 is 0 Å². The zero-order valence-corrected chi connectivity index (χ0v) is 12.7. The molecule has 0 aliphatic carbocycles. The maximum Gasteiger partial charge on any atom is 0.333 e. The fourth-order valence-corrected chi connectivity index (χ4v) is 1.90. The van der Waals surface area contributed by atoms with Crippen molar-refractivity contribution in [3.63, 3.8) is 0 Å². The zero-order valence-electron chi connectivity index (χ0n) is 12.7. The number of ether oxygens (including phenoxy) is 1. The largest absolute Gasteiger partial charge is 0.464 e. The van der Waals surface area contributed by atoms with Gasteiger partial charge in [-0.25, -0.2) is 10.6 Å². The molecule has 5 heteroatoms. The lowest BCUT2D eigenvalue weighted by atomic mass is 10.0. The first-order valence-electron chi connectivity index (χ1n) is 6.55. The Bertz CT molecular complexity index is 504. The van der Waals surface area contributed by atoms with Gasteiger partial charge in [-0.3, -0.25) is 9.80 Å². The Hall–Kier alpha value is -1.88. The Morgan fingerprint density at radius 1 is 1.20 bits per heavy atom. The van der Waals surface area contributed by atoms with Crippen LogP contribution in [-0.2, 0) is 9.53 Å². The van der Waals surface area contributed by atoms with Crippen molar-refractivity contribution in [1.29, 1.82) is 0 Å². The summed E-state index contributed by atoms with van der Waals surface area (Å²) in [5.74, 6) is 4.91. The lowest BCUT2D eigenvalue weighted by molar-refractivity contribution is -0.154. The van der Waals surface area contributed by atoms with Gasteiger partial charge in [0.1, 0.15) is 0 Å². The molecule has 0 aliphatic rings. The van der Waals surface area contributed by atoms with Crippen LogP contribution in [0.4, 0.5) is 0 Å². The average Bonchev–Trinajstić information content (AvgIpc) is 2.36. The zero-order chi connectivity index (χ0) is 15.5. The van der Waals surface area contributed by atoms with Crippen LogP contribution in [0.3, 0.4) is 0 Å². The van der Waals surface area contributed by atoms with E-state index in [1.54, 1.807) is 32.9 Å². The Kier molecular flexibility index (Phi) is 4.89. The molecule has 20 heavy (non-hydrogen) atoms. The van der Waals surface area contributed by atoms with Gasteiger partial charge in [-0.05, 0) is 46.8 Å². The molecule has 0 bridgehead atoms. The van der Waals surface area contributed by atoms with Crippen molar-refractivity contribution >= 4 is 11.9 Å². The quantitative estimate of drug-likeness (QED) is 0.395. The first-order chi connectivity index (χ1) is 9.20. The number of hydrogen-bond acceptors (Lipinski definition) is 4. The Morgan fingerprint density at radius 2 is 1.70 bits per heavy atom. The summed E-state index contributed by atoms with van der Waals surface area (Å²) in [5, 5.41) is 0.930. The maximum absolute atomic E-state index is 12.4. The van der Waals surface area contributed by atoms with Crippen molar-refractivity contribution < 1.29 is 14.3 Å². The van der Waals surface area contributed by atoms with Gasteiger partial charge < -0.3 is 4.74 Å². The van der Waals surface area contributed by atoms with Gasteiger partial charge in [-0.2, -0.15) is 0 Å². The minimum atomic E-state index is -1.22. The second-order valence-electron chi connectivity index (χ2n) is 5.33. The van der Waals surface area contributed by atoms with E-state index in [0.717, 1.165) is 16.1 Å². The normalized spacial score (nSPS) is 11.1. The number of nitrogens with two attached hydrogens (primary N) is 1. The van der Waals surface area contributed by atoms with Crippen LogP contribution < -0.4 is 5.84 Å². The number of nitrogens with zero attached hydrogens (tertiary/aromatic N) is 1. The number of amides is 1. The van der Waals surface area contributed by atoms with E-state index in [2.05, 4.69) is 0 Å². The molecule has 0 radical (unpaired) electrons. The molecule has 0 spiro atoms. The van der Waals surface area contributed by atoms with Crippen molar-refractivity contribution in [2.24, 2.45) is 5.84 Å². The van der Waals surface area contributed by atoms with Crippen molar-refractivity contribution in [2.75, 3.05) is 6.61 Å². The summed E-state index contributed by atoms with van der Waals surface area (Å²) in [6.07, 6.45) is 0. The summed E-state index contributed by atoms with van der Waals surface area (Å²) in [4.78, 5) is 24.3. The molecule has 0 aliphatic heterocycles. The molecule has 5 nitrogen and oxygen atoms in total. The van der Waals surface area contributed by atoms with E-state index in [9.17, 15) is 9.59 Å². The van der Waals surface area contributed by atoms with Crippen LogP contribution in [-0.4, -0.2) is 29.0 Å². The van der Waals surface area contributed by atoms with Gasteiger partial charge in [-0.1, -0.05) is 17.2 Å². The van der Waals surface area contributed by atoms with Crippen LogP contribution in [0.2, 0.25) is 0 Å². The van der Waals surface area contributed by atoms with Gasteiger partial charge in [0.25, 0.3) is 5.91 Å². The molecular formula is C15H22N2O3. The molecule has 1 rings (SSSR count). The standard InChI is InChI=1S/C15H22N2O3/c1-6-20-14(19)15(4,5)17(16)13(18)12-8-10(2)7-11(3)9-12/h7-9H,6,16H2,1-5H3. The van der Waals surface area contributed by atoms with E-state index in [0.29, 0.717) is 5.56 Å². The van der Waals surface area contributed by atoms with E-state index in [1.807, 2.05) is 19.9 Å². The molecule has 0 unspecified atom stereocenters. The SMILES string of the molecule is CCOC(=O)C(C)(C)N(N)C(=O)c1cc(C)cc(C)c1. The van der Waals surface area contributed by atoms with E-state index < -0.39 is 17.4 Å². The highest BCUT2D eigenvalue weighted by Crippen LogP contribution is 2.18. The maximum atomic E-state index is 12.4. The molecule has 0 saturated heterocycles. The van der Waals surface area contributed by atoms with Crippen LogP contribution >= 0.6 is 0 Å². The van der Waals surface area contributed by atoms with Crippen molar-refractivity contribution in [1.82, 2.24) is 5.01 Å². The molecule has 0 aromatic heterocycles. The summed E-state index contributed by atoms with van der Waals surface area (Å²) in [6.45, 7) is 8.88. The topological polar surface area (TPSA) is 72.6 Å². The molecule has 1 amide bonds. The smallest absolute Gasteiger partial charge is 0.333 e. The summed E-state index contributed by atoms with van der Waals surface area (Å²) in [5.41, 5.74) is 1.18. The van der Waals surface area contributed by atoms with Gasteiger partial charge in [0.15, 0.2) is 5.54 Å². The highest BCUT2D eigenvalue weighted by Gasteiger charge is 2.38. The predicted octanol–water partition coefficient (Wildman–Crippen LogP) is 1.96. The van der Waals surface area contributed by atoms with Crippen LogP contribution in [0.5, 0.6) is 0 Å². The van der Waals surface area contributed by atoms with Gasteiger partial charge >= 0.3 is 5.97 Å². The first-order valence-corrected chi connectivity index (χ1v) is 6.55. The molecule has 0 atom stereocenters. The lowest BCUT2D eigenvalue weighted by Crippen LogP contribution is -2.57. The summed E-state index contributed by atoms with van der Waals surface area (Å²) in [7, 11) is 0. The van der Waals surface area contributed by atoms with Crippen LogP contribution in [0, 0.1) is 13.8 Å². The fourth-order valence-electron chi connectivity index (χ4n) is 1.90. The Balaban J connectivity index is 3.04. The van der Waals surface area contributed by atoms with Crippen molar-refractivity contribution in [2.45, 2.75) is 40.2 Å². The lowest BCUT2D eigenvalue weighted by Gasteiger charge is -2.32. The average molecular weight is 278 g/mol. The third-order valence-corrected chi connectivity index (χ3v) is 3.06. The molecule has 2 N–H and O–H groups in total. The van der Waals surface area contributed by atoms with E-state index in [-0.39, 0.29) is 6.61 Å². The molecule has 0 fully saturated rings. The van der Waals surface area contributed by atoms with Crippen molar-refractivity contribution in [3.8, 4) is 0 Å². The van der Waals surface area contributed by atoms with E-state index in [1.165, 1.54) is 0 Å². The molecule has 0 heterocycles. The van der Waals surface area contributed by atoms with Gasteiger partial charge in [0.2, 0.25) is 0 Å². The number of carbonyl (C=O) groups is 2. The summed E-state index contributed by atoms with van der Waals surface area (Å²) in [6, 6.07) is 5.46. The van der Waals surface area contributed by atoms with Crippen molar-refractivity contribution in [3.05, 3.63) is 34.9 Å². The third kappa shape index (κ3) is 3.36. The summed E-state index contributed by atoms with van der Waals surface area (Å²) < 4.78 is 4.95. The van der Waals surface area contributed by atoms with Crippen LogP contribution in [0.1, 0.15) is 42.3 Å². The Morgan fingerprint density at radius 3 is 2.15 bits per heavy atom. The number of benzene rings is 1. The third-order valence-electron chi connectivity index (χ3n) is 3.06. The number of esters is 1. The molecule has 0 saturated carbocycles. The van der Waals surface area contributed by atoms with Gasteiger partial charge in [-0.15, -0.1) is 0 Å². The minimum Gasteiger partial charge on any atom is -0.464 e. The molecular weight excluding hydrogens is 256 g/mol. The van der Waals surface area contributed by atoms with Gasteiger partial charge in [0.05, 0.1) is 6.61 Å². The van der Waals surface area contributed by atoms with E-state index in [4.69, 9.17) is 10.6 Å². The minimum absolute atomic E-state index is 0.244. The monoisotopic (exact) mass is 278 g/mol. The number of aryl methyl sites for hydroxylation is 2. The second-order valence-corrected chi connectivity index (χ2v) is 5.33. The van der Waals surface area contributed by atoms with Crippen LogP contribution in [0.25, 0.3) is 0 Å². The Labute approximate surface area is 119 Å². The number of carbonyl (C=O) groups excluding carboxylic acids is 2. The predicted molar refractivity (Wildman–Crippen MR) is 77.0 cm³/mol. The summed E-state index contributed by atoms with van der Waals surface area (Å²) >= 11 is 0. The first kappa shape index (κ1) is 16.2. The molecule has 110 valence electrons. The number of hydrazine groups is 1. The molecule has 1 aromatic carbocycles. The fraction of sp³-hybridized carbons (Fsp3) is 0.467.